The van der Waals surface area contributed by atoms with Crippen LogP contribution in [0.3, 0.4) is 0 Å². The van der Waals surface area contributed by atoms with Crippen molar-refractivity contribution >= 4 is 11.9 Å². The first-order chi connectivity index (χ1) is 8.42. The molecule has 5 nitrogen and oxygen atoms in total. The number of hydrogen-bond donors (Lipinski definition) is 1. The lowest BCUT2D eigenvalue weighted by Gasteiger charge is -2.26. The minimum atomic E-state index is 0.172. The fourth-order valence-corrected chi connectivity index (χ4v) is 1.71. The summed E-state index contributed by atoms with van der Waals surface area (Å²) in [4.78, 5) is 14.4. The van der Waals surface area contributed by atoms with E-state index in [0.29, 0.717) is 17.8 Å². The molecule has 2 N–H and O–H groups in total. The predicted molar refractivity (Wildman–Crippen MR) is 74.1 cm³/mol. The van der Waals surface area contributed by atoms with Gasteiger partial charge in [-0.25, -0.2) is 0 Å². The highest BCUT2D eigenvalue weighted by atomic mass is 15.3. The maximum atomic E-state index is 5.65. The zero-order chi connectivity index (χ0) is 13.7. The Morgan fingerprint density at radius 2 is 1.67 bits per heavy atom. The van der Waals surface area contributed by atoms with E-state index >= 15 is 0 Å². The molecule has 0 bridgehead atoms. The number of anilines is 2. The van der Waals surface area contributed by atoms with Crippen molar-refractivity contribution < 1.29 is 0 Å². The van der Waals surface area contributed by atoms with Crippen molar-refractivity contribution in [3.8, 4) is 12.3 Å². The van der Waals surface area contributed by atoms with Gasteiger partial charge in [-0.05, 0) is 17.8 Å². The number of nitrogens with zero attached hydrogens (tertiary/aromatic N) is 4. The molecule has 1 aromatic rings. The summed E-state index contributed by atoms with van der Waals surface area (Å²) in [5.74, 6) is 4.45. The molecule has 0 fully saturated rings. The quantitative estimate of drug-likeness (QED) is 0.800. The monoisotopic (exact) mass is 247 g/mol. The predicted octanol–water partition coefficient (Wildman–Crippen LogP) is 1.55. The summed E-state index contributed by atoms with van der Waals surface area (Å²) in [6.45, 7) is 10.3. The van der Waals surface area contributed by atoms with Crippen LogP contribution < -0.4 is 10.6 Å². The largest absolute Gasteiger partial charge is 0.368 e. The van der Waals surface area contributed by atoms with Crippen LogP contribution in [0.2, 0.25) is 0 Å². The minimum Gasteiger partial charge on any atom is -0.368 e. The van der Waals surface area contributed by atoms with Crippen molar-refractivity contribution in [3.63, 3.8) is 0 Å². The van der Waals surface area contributed by atoms with Gasteiger partial charge in [-0.2, -0.15) is 15.0 Å². The number of nitrogen functional groups attached to an aromatic ring is 1. The van der Waals surface area contributed by atoms with Crippen molar-refractivity contribution in [2.45, 2.75) is 27.7 Å². The van der Waals surface area contributed by atoms with Crippen molar-refractivity contribution in [1.29, 1.82) is 0 Å². The Hall–Kier alpha value is -1.83. The molecule has 0 saturated heterocycles. The molecule has 0 saturated carbocycles. The van der Waals surface area contributed by atoms with Crippen LogP contribution in [0.4, 0.5) is 11.9 Å². The fraction of sp³-hybridized carbons (Fsp3) is 0.615. The average molecular weight is 247 g/mol. The lowest BCUT2D eigenvalue weighted by atomic mass is 10.1. The first kappa shape index (κ1) is 14.2. The van der Waals surface area contributed by atoms with Crippen molar-refractivity contribution in [3.05, 3.63) is 5.82 Å². The molecule has 0 aliphatic carbocycles. The van der Waals surface area contributed by atoms with Gasteiger partial charge in [0.05, 0.1) is 0 Å². The Morgan fingerprint density at radius 1 is 1.11 bits per heavy atom. The second-order valence-electron chi connectivity index (χ2n) is 5.15. The lowest BCUT2D eigenvalue weighted by molar-refractivity contribution is 0.543. The van der Waals surface area contributed by atoms with E-state index < -0.39 is 0 Å². The molecule has 98 valence electrons. The molecule has 0 aliphatic heterocycles. The third-order valence-electron chi connectivity index (χ3n) is 2.22. The molecule has 0 aromatic carbocycles. The van der Waals surface area contributed by atoms with E-state index in [0.717, 1.165) is 13.1 Å². The van der Waals surface area contributed by atoms with Gasteiger partial charge >= 0.3 is 0 Å². The van der Waals surface area contributed by atoms with Crippen LogP contribution in [0, 0.1) is 24.2 Å². The Labute approximate surface area is 109 Å². The second-order valence-corrected chi connectivity index (χ2v) is 5.15. The molecule has 5 heteroatoms. The highest BCUT2D eigenvalue weighted by Crippen LogP contribution is 2.13. The molecular weight excluding hydrogens is 226 g/mol. The van der Waals surface area contributed by atoms with Gasteiger partial charge in [0.2, 0.25) is 17.7 Å². The van der Waals surface area contributed by atoms with E-state index in [-0.39, 0.29) is 11.8 Å². The van der Waals surface area contributed by atoms with E-state index in [1.54, 1.807) is 0 Å². The van der Waals surface area contributed by atoms with E-state index in [1.165, 1.54) is 0 Å². The zero-order valence-corrected chi connectivity index (χ0v) is 11.5. The van der Waals surface area contributed by atoms with Crippen LogP contribution in [-0.2, 0) is 0 Å². The maximum absolute atomic E-state index is 5.65. The third-order valence-corrected chi connectivity index (χ3v) is 2.22. The second kappa shape index (κ2) is 6.20. The summed E-state index contributed by atoms with van der Waals surface area (Å²) in [5.41, 5.74) is 5.65. The van der Waals surface area contributed by atoms with Gasteiger partial charge < -0.3 is 10.6 Å². The number of terminal acetylenes is 1. The highest BCUT2D eigenvalue weighted by molar-refractivity contribution is 5.37. The first-order valence-electron chi connectivity index (χ1n) is 6.15. The van der Waals surface area contributed by atoms with Gasteiger partial charge in [-0.3, -0.25) is 0 Å². The molecule has 0 aliphatic rings. The minimum absolute atomic E-state index is 0.172. The summed E-state index contributed by atoms with van der Waals surface area (Å²) in [7, 11) is 0. The van der Waals surface area contributed by atoms with Gasteiger partial charge in [0.15, 0.2) is 0 Å². The average Bonchev–Trinajstić information content (AvgIpc) is 2.26. The van der Waals surface area contributed by atoms with E-state index in [9.17, 15) is 0 Å². The van der Waals surface area contributed by atoms with E-state index in [4.69, 9.17) is 12.2 Å². The molecule has 1 heterocycles. The van der Waals surface area contributed by atoms with Crippen LogP contribution >= 0.6 is 0 Å². The molecule has 0 radical (unpaired) electrons. The Morgan fingerprint density at radius 3 is 2.11 bits per heavy atom. The lowest BCUT2D eigenvalue weighted by Crippen LogP contribution is -2.33. The number of rotatable bonds is 5. The number of hydrogen-bond acceptors (Lipinski definition) is 5. The van der Waals surface area contributed by atoms with Crippen molar-refractivity contribution in [2.24, 2.45) is 11.8 Å². The van der Waals surface area contributed by atoms with Gasteiger partial charge in [0, 0.05) is 13.1 Å². The van der Waals surface area contributed by atoms with Crippen LogP contribution in [0.1, 0.15) is 33.5 Å². The normalized spacial score (nSPS) is 10.7. The van der Waals surface area contributed by atoms with Crippen LogP contribution in [0.25, 0.3) is 0 Å². The summed E-state index contributed by atoms with van der Waals surface area (Å²) in [6, 6.07) is 0. The van der Waals surface area contributed by atoms with Crippen LogP contribution in [0.5, 0.6) is 0 Å². The molecule has 0 spiro atoms. The topological polar surface area (TPSA) is 67.9 Å². The Bertz CT molecular complexity index is 423. The van der Waals surface area contributed by atoms with E-state index in [1.807, 2.05) is 0 Å². The van der Waals surface area contributed by atoms with Gasteiger partial charge in [-0.15, -0.1) is 6.42 Å². The summed E-state index contributed by atoms with van der Waals surface area (Å²) >= 11 is 0. The molecule has 18 heavy (non-hydrogen) atoms. The molecular formula is C13H21N5. The van der Waals surface area contributed by atoms with E-state index in [2.05, 4.69) is 53.5 Å². The summed E-state index contributed by atoms with van der Waals surface area (Å²) in [6.07, 6.45) is 5.31. The molecule has 1 rings (SSSR count). The molecule has 1 aromatic heterocycles. The smallest absolute Gasteiger partial charge is 0.231 e. The fourth-order valence-electron chi connectivity index (χ4n) is 1.71. The SMILES string of the molecule is C#Cc1nc(N)nc(N(CC(C)C)CC(C)C)n1. The zero-order valence-electron chi connectivity index (χ0n) is 11.5. The Kier molecular flexibility index (Phi) is 4.90. The van der Waals surface area contributed by atoms with Crippen molar-refractivity contribution in [1.82, 2.24) is 15.0 Å². The van der Waals surface area contributed by atoms with Gasteiger partial charge in [-0.1, -0.05) is 27.7 Å². The van der Waals surface area contributed by atoms with Crippen LogP contribution in [0.15, 0.2) is 0 Å². The van der Waals surface area contributed by atoms with Crippen LogP contribution in [-0.4, -0.2) is 28.0 Å². The third kappa shape index (κ3) is 4.21. The molecule has 0 amide bonds. The molecule has 0 unspecified atom stereocenters. The maximum Gasteiger partial charge on any atom is 0.231 e. The van der Waals surface area contributed by atoms with Crippen molar-refractivity contribution in [2.75, 3.05) is 23.7 Å². The Balaban J connectivity index is 3.04. The standard InChI is InChI=1S/C13H21N5/c1-6-11-15-12(14)17-13(16-11)18(7-9(2)3)8-10(4)5/h1,9-10H,7-8H2,2-5H3,(H2,14,15,16,17). The highest BCUT2D eigenvalue weighted by Gasteiger charge is 2.14. The van der Waals surface area contributed by atoms with Gasteiger partial charge in [0.25, 0.3) is 0 Å². The summed E-state index contributed by atoms with van der Waals surface area (Å²) < 4.78 is 0. The first-order valence-corrected chi connectivity index (χ1v) is 6.15. The van der Waals surface area contributed by atoms with Gasteiger partial charge in [0.1, 0.15) is 0 Å². The number of nitrogens with two attached hydrogens (primary N) is 1. The summed E-state index contributed by atoms with van der Waals surface area (Å²) in [5, 5.41) is 0. The number of aromatic nitrogens is 3. The molecule has 0 atom stereocenters.